The van der Waals surface area contributed by atoms with Gasteiger partial charge in [0.15, 0.2) is 0 Å². The highest BCUT2D eigenvalue weighted by Crippen LogP contribution is 2.35. The van der Waals surface area contributed by atoms with Crippen LogP contribution in [0.3, 0.4) is 0 Å². The van der Waals surface area contributed by atoms with E-state index in [-0.39, 0.29) is 11.8 Å². The van der Waals surface area contributed by atoms with E-state index in [1.54, 1.807) is 19.1 Å². The molecule has 1 aliphatic rings. The summed E-state index contributed by atoms with van der Waals surface area (Å²) in [5, 5.41) is 9.79. The summed E-state index contributed by atoms with van der Waals surface area (Å²) < 4.78 is 4.97. The van der Waals surface area contributed by atoms with Gasteiger partial charge in [0.2, 0.25) is 0 Å². The summed E-state index contributed by atoms with van der Waals surface area (Å²) in [6.45, 7) is 2.72. The van der Waals surface area contributed by atoms with Gasteiger partial charge in [0.1, 0.15) is 5.75 Å². The molecule has 0 aromatic heterocycles. The molecule has 0 spiro atoms. The second kappa shape index (κ2) is 4.43. The molecule has 0 saturated heterocycles. The first-order valence-corrected chi connectivity index (χ1v) is 5.49. The van der Waals surface area contributed by atoms with E-state index in [1.165, 1.54) is 4.90 Å². The summed E-state index contributed by atoms with van der Waals surface area (Å²) in [4.78, 5) is 13.2. The molecule has 0 unspecified atom stereocenters. The lowest BCUT2D eigenvalue weighted by Crippen LogP contribution is -2.35. The second-order valence-corrected chi connectivity index (χ2v) is 3.74. The number of benzene rings is 1. The average Bonchev–Trinajstić information content (AvgIpc) is 2.29. The van der Waals surface area contributed by atoms with Crippen LogP contribution in [0.1, 0.15) is 18.9 Å². The van der Waals surface area contributed by atoms with E-state index >= 15 is 0 Å². The van der Waals surface area contributed by atoms with Crippen LogP contribution in [0.5, 0.6) is 5.75 Å². The lowest BCUT2D eigenvalue weighted by Gasteiger charge is -2.29. The monoisotopic (exact) mass is 221 g/mol. The van der Waals surface area contributed by atoms with Crippen LogP contribution in [0, 0.1) is 0 Å². The van der Waals surface area contributed by atoms with Gasteiger partial charge in [0, 0.05) is 6.54 Å². The molecule has 1 amide bonds. The van der Waals surface area contributed by atoms with Crippen LogP contribution >= 0.6 is 0 Å². The van der Waals surface area contributed by atoms with Crippen molar-refractivity contribution in [3.63, 3.8) is 0 Å². The number of carbonyl (C=O) groups excluding carboxylic acids is 1. The number of amides is 1. The molecule has 2 rings (SSSR count). The van der Waals surface area contributed by atoms with Gasteiger partial charge in [-0.05, 0) is 31.4 Å². The van der Waals surface area contributed by atoms with Crippen molar-refractivity contribution in [2.45, 2.75) is 19.8 Å². The zero-order chi connectivity index (χ0) is 11.5. The van der Waals surface area contributed by atoms with Crippen molar-refractivity contribution in [3.8, 4) is 5.75 Å². The van der Waals surface area contributed by atoms with Crippen molar-refractivity contribution < 1.29 is 14.6 Å². The number of hydrogen-bond acceptors (Lipinski definition) is 3. The van der Waals surface area contributed by atoms with Gasteiger partial charge in [-0.1, -0.05) is 12.1 Å². The van der Waals surface area contributed by atoms with Gasteiger partial charge in [-0.3, -0.25) is 4.90 Å². The number of aryl methyl sites for hydroxylation is 1. The molecule has 0 bridgehead atoms. The van der Waals surface area contributed by atoms with Gasteiger partial charge in [-0.15, -0.1) is 0 Å². The minimum absolute atomic E-state index is 0.144. The number of phenolic OH excluding ortho intramolecular Hbond substituents is 1. The van der Waals surface area contributed by atoms with Crippen LogP contribution in [0.2, 0.25) is 0 Å². The van der Waals surface area contributed by atoms with E-state index < -0.39 is 0 Å². The maximum absolute atomic E-state index is 11.7. The molecule has 1 aromatic rings. The van der Waals surface area contributed by atoms with Crippen molar-refractivity contribution in [3.05, 3.63) is 23.8 Å². The average molecular weight is 221 g/mol. The number of aromatic hydroxyl groups is 1. The van der Waals surface area contributed by atoms with Crippen LogP contribution in [0.4, 0.5) is 10.5 Å². The first kappa shape index (κ1) is 10.8. The molecule has 86 valence electrons. The predicted octanol–water partition coefficient (Wildman–Crippen LogP) is 2.30. The molecule has 1 aromatic carbocycles. The molecule has 1 heterocycles. The second-order valence-electron chi connectivity index (χ2n) is 3.74. The number of hydrogen-bond donors (Lipinski definition) is 1. The van der Waals surface area contributed by atoms with Crippen LogP contribution in [0.25, 0.3) is 0 Å². The van der Waals surface area contributed by atoms with Crippen LogP contribution < -0.4 is 4.90 Å². The smallest absolute Gasteiger partial charge is 0.414 e. The largest absolute Gasteiger partial charge is 0.506 e. The van der Waals surface area contributed by atoms with E-state index in [0.717, 1.165) is 18.4 Å². The quantitative estimate of drug-likeness (QED) is 0.791. The zero-order valence-electron chi connectivity index (χ0n) is 9.27. The Balaban J connectivity index is 2.35. The Morgan fingerprint density at radius 1 is 1.56 bits per heavy atom. The highest BCUT2D eigenvalue weighted by Gasteiger charge is 2.25. The van der Waals surface area contributed by atoms with Crippen molar-refractivity contribution in [1.29, 1.82) is 0 Å². The number of rotatable bonds is 1. The Labute approximate surface area is 94.4 Å². The molecule has 0 atom stereocenters. The number of anilines is 1. The third-order valence-corrected chi connectivity index (χ3v) is 2.68. The topological polar surface area (TPSA) is 49.8 Å². The first-order chi connectivity index (χ1) is 7.74. The van der Waals surface area contributed by atoms with Gasteiger partial charge < -0.3 is 9.84 Å². The normalized spacial score (nSPS) is 14.4. The first-order valence-electron chi connectivity index (χ1n) is 5.49. The molecular weight excluding hydrogens is 206 g/mol. The zero-order valence-corrected chi connectivity index (χ0v) is 9.27. The number of nitrogens with zero attached hydrogens (tertiary/aromatic N) is 1. The maximum Gasteiger partial charge on any atom is 0.414 e. The van der Waals surface area contributed by atoms with Crippen molar-refractivity contribution >= 4 is 11.8 Å². The molecule has 4 heteroatoms. The van der Waals surface area contributed by atoms with E-state index in [1.807, 2.05) is 6.07 Å². The Morgan fingerprint density at radius 3 is 3.12 bits per heavy atom. The minimum Gasteiger partial charge on any atom is -0.506 e. The molecule has 0 radical (unpaired) electrons. The fraction of sp³-hybridized carbons (Fsp3) is 0.417. The summed E-state index contributed by atoms with van der Waals surface area (Å²) >= 11 is 0. The summed E-state index contributed by atoms with van der Waals surface area (Å²) in [5.41, 5.74) is 1.60. The lowest BCUT2D eigenvalue weighted by molar-refractivity contribution is 0.159. The highest BCUT2D eigenvalue weighted by atomic mass is 16.6. The SMILES string of the molecule is CCOC(=O)N1CCCc2cccc(O)c21. The Bertz CT molecular complexity index is 403. The number of fused-ring (bicyclic) bond motifs is 1. The van der Waals surface area contributed by atoms with E-state index in [2.05, 4.69) is 0 Å². The summed E-state index contributed by atoms with van der Waals surface area (Å²) in [6.07, 6.45) is 1.40. The Kier molecular flexibility index (Phi) is 2.99. The number of phenols is 1. The van der Waals surface area contributed by atoms with Gasteiger partial charge in [-0.2, -0.15) is 0 Å². The van der Waals surface area contributed by atoms with Gasteiger partial charge >= 0.3 is 6.09 Å². The molecule has 1 N–H and O–H groups in total. The van der Waals surface area contributed by atoms with Crippen molar-refractivity contribution in [2.75, 3.05) is 18.1 Å². The Morgan fingerprint density at radius 2 is 2.38 bits per heavy atom. The maximum atomic E-state index is 11.7. The summed E-state index contributed by atoms with van der Waals surface area (Å²) in [5.74, 6) is 0.144. The fourth-order valence-corrected chi connectivity index (χ4v) is 2.01. The summed E-state index contributed by atoms with van der Waals surface area (Å²) in [7, 11) is 0. The van der Waals surface area contributed by atoms with Crippen LogP contribution in [0.15, 0.2) is 18.2 Å². The Hall–Kier alpha value is -1.71. The van der Waals surface area contributed by atoms with Crippen LogP contribution in [-0.2, 0) is 11.2 Å². The summed E-state index contributed by atoms with van der Waals surface area (Å²) in [6, 6.07) is 5.32. The van der Waals surface area contributed by atoms with E-state index in [9.17, 15) is 9.90 Å². The molecule has 1 aliphatic heterocycles. The number of carbonyl (C=O) groups is 1. The van der Waals surface area contributed by atoms with Crippen LogP contribution in [-0.4, -0.2) is 24.4 Å². The lowest BCUT2D eigenvalue weighted by atomic mass is 10.0. The minimum atomic E-state index is -0.384. The van der Waals surface area contributed by atoms with E-state index in [4.69, 9.17) is 4.74 Å². The van der Waals surface area contributed by atoms with Crippen molar-refractivity contribution in [2.24, 2.45) is 0 Å². The van der Waals surface area contributed by atoms with Gasteiger partial charge in [0.25, 0.3) is 0 Å². The van der Waals surface area contributed by atoms with E-state index in [0.29, 0.717) is 18.8 Å². The highest BCUT2D eigenvalue weighted by molar-refractivity contribution is 5.91. The number of para-hydroxylation sites is 1. The molecule has 16 heavy (non-hydrogen) atoms. The van der Waals surface area contributed by atoms with Crippen molar-refractivity contribution in [1.82, 2.24) is 0 Å². The fourth-order valence-electron chi connectivity index (χ4n) is 2.01. The molecule has 0 fully saturated rings. The molecule has 0 aliphatic carbocycles. The molecule has 4 nitrogen and oxygen atoms in total. The number of ether oxygens (including phenoxy) is 1. The molecule has 0 saturated carbocycles. The standard InChI is InChI=1S/C12H15NO3/c1-2-16-12(15)13-8-4-6-9-5-3-7-10(14)11(9)13/h3,5,7,14H,2,4,6,8H2,1H3. The molecular formula is C12H15NO3. The third kappa shape index (κ3) is 1.83. The van der Waals surface area contributed by atoms with Gasteiger partial charge in [0.05, 0.1) is 12.3 Å². The predicted molar refractivity (Wildman–Crippen MR) is 60.8 cm³/mol. The van der Waals surface area contributed by atoms with Gasteiger partial charge in [-0.25, -0.2) is 4.79 Å². The third-order valence-electron chi connectivity index (χ3n) is 2.68.